The van der Waals surface area contributed by atoms with E-state index in [4.69, 9.17) is 9.47 Å². The van der Waals surface area contributed by atoms with Gasteiger partial charge in [0.2, 0.25) is 0 Å². The zero-order valence-electron chi connectivity index (χ0n) is 12.0. The Morgan fingerprint density at radius 3 is 3.10 bits per heavy atom. The molecule has 0 N–H and O–H groups in total. The number of nitrogens with zero attached hydrogens (tertiary/aromatic N) is 2. The second kappa shape index (κ2) is 7.85. The van der Waals surface area contributed by atoms with Gasteiger partial charge >= 0.3 is 0 Å². The number of amides is 1. The number of ether oxygens (including phenoxy) is 2. The SMILES string of the molecule is CCN(C[C@@H]1CCCCO1)C(=O)COc1cccnc1. The van der Waals surface area contributed by atoms with Gasteiger partial charge < -0.3 is 14.4 Å². The largest absolute Gasteiger partial charge is 0.482 e. The van der Waals surface area contributed by atoms with Crippen LogP contribution >= 0.6 is 0 Å². The van der Waals surface area contributed by atoms with Crippen molar-refractivity contribution >= 4 is 5.91 Å². The van der Waals surface area contributed by atoms with Crippen LogP contribution in [-0.2, 0) is 9.53 Å². The van der Waals surface area contributed by atoms with E-state index in [1.807, 2.05) is 6.92 Å². The van der Waals surface area contributed by atoms with Crippen molar-refractivity contribution in [3.63, 3.8) is 0 Å². The topological polar surface area (TPSA) is 51.7 Å². The van der Waals surface area contributed by atoms with Gasteiger partial charge in [0.25, 0.3) is 5.91 Å². The molecule has 2 heterocycles. The molecule has 0 aromatic carbocycles. The van der Waals surface area contributed by atoms with Crippen LogP contribution in [0.3, 0.4) is 0 Å². The third-order valence-electron chi connectivity index (χ3n) is 3.43. The predicted molar refractivity (Wildman–Crippen MR) is 75.6 cm³/mol. The molecule has 1 atom stereocenters. The summed E-state index contributed by atoms with van der Waals surface area (Å²) in [4.78, 5) is 17.9. The second-order valence-corrected chi connectivity index (χ2v) is 4.90. The Kier molecular flexibility index (Phi) is 5.80. The van der Waals surface area contributed by atoms with Gasteiger partial charge in [-0.15, -0.1) is 0 Å². The number of hydrogen-bond acceptors (Lipinski definition) is 4. The number of likely N-dealkylation sites (N-methyl/N-ethyl adjacent to an activating group) is 1. The van der Waals surface area contributed by atoms with Crippen molar-refractivity contribution in [2.75, 3.05) is 26.3 Å². The quantitative estimate of drug-likeness (QED) is 0.797. The summed E-state index contributed by atoms with van der Waals surface area (Å²) in [7, 11) is 0. The van der Waals surface area contributed by atoms with Gasteiger partial charge in [-0.05, 0) is 38.3 Å². The zero-order valence-corrected chi connectivity index (χ0v) is 12.0. The van der Waals surface area contributed by atoms with Crippen molar-refractivity contribution in [3.8, 4) is 5.75 Å². The van der Waals surface area contributed by atoms with Crippen molar-refractivity contribution in [1.82, 2.24) is 9.88 Å². The summed E-state index contributed by atoms with van der Waals surface area (Å²) in [5, 5.41) is 0. The number of hydrogen-bond donors (Lipinski definition) is 0. The number of carbonyl (C=O) groups is 1. The highest BCUT2D eigenvalue weighted by molar-refractivity contribution is 5.77. The Labute approximate surface area is 119 Å². The Morgan fingerprint density at radius 1 is 1.55 bits per heavy atom. The van der Waals surface area contributed by atoms with Gasteiger partial charge in [-0.1, -0.05) is 0 Å². The molecule has 0 spiro atoms. The van der Waals surface area contributed by atoms with Crippen LogP contribution in [0.15, 0.2) is 24.5 Å². The lowest BCUT2D eigenvalue weighted by Gasteiger charge is -2.29. The van der Waals surface area contributed by atoms with E-state index >= 15 is 0 Å². The van der Waals surface area contributed by atoms with E-state index < -0.39 is 0 Å². The normalized spacial score (nSPS) is 18.6. The fourth-order valence-corrected chi connectivity index (χ4v) is 2.27. The third-order valence-corrected chi connectivity index (χ3v) is 3.43. The number of carbonyl (C=O) groups excluding carboxylic acids is 1. The molecular formula is C15H22N2O3. The number of pyridine rings is 1. The van der Waals surface area contributed by atoms with Gasteiger partial charge in [0.15, 0.2) is 6.61 Å². The van der Waals surface area contributed by atoms with E-state index in [2.05, 4.69) is 4.98 Å². The molecule has 0 aliphatic carbocycles. The van der Waals surface area contributed by atoms with E-state index in [0.29, 0.717) is 18.8 Å². The molecule has 2 rings (SSSR count). The molecular weight excluding hydrogens is 256 g/mol. The van der Waals surface area contributed by atoms with Gasteiger partial charge in [-0.3, -0.25) is 9.78 Å². The maximum absolute atomic E-state index is 12.1. The highest BCUT2D eigenvalue weighted by Gasteiger charge is 2.20. The molecule has 5 nitrogen and oxygen atoms in total. The summed E-state index contributed by atoms with van der Waals surface area (Å²) in [5.41, 5.74) is 0. The van der Waals surface area contributed by atoms with Crippen molar-refractivity contribution in [3.05, 3.63) is 24.5 Å². The molecule has 0 bridgehead atoms. The van der Waals surface area contributed by atoms with Crippen LogP contribution in [0, 0.1) is 0 Å². The van der Waals surface area contributed by atoms with Crippen LogP contribution in [-0.4, -0.2) is 48.2 Å². The molecule has 110 valence electrons. The first-order chi connectivity index (χ1) is 9.79. The Bertz CT molecular complexity index is 405. The Morgan fingerprint density at radius 2 is 2.45 bits per heavy atom. The van der Waals surface area contributed by atoms with Gasteiger partial charge in [0.1, 0.15) is 5.75 Å². The fraction of sp³-hybridized carbons (Fsp3) is 0.600. The number of aromatic nitrogens is 1. The maximum atomic E-state index is 12.1. The first kappa shape index (κ1) is 14.8. The molecule has 1 aromatic rings. The van der Waals surface area contributed by atoms with Crippen molar-refractivity contribution in [1.29, 1.82) is 0 Å². The summed E-state index contributed by atoms with van der Waals surface area (Å²) in [5.74, 6) is 0.608. The first-order valence-electron chi connectivity index (χ1n) is 7.21. The van der Waals surface area contributed by atoms with E-state index in [9.17, 15) is 4.79 Å². The summed E-state index contributed by atoms with van der Waals surface area (Å²) in [6.07, 6.45) is 6.80. The summed E-state index contributed by atoms with van der Waals surface area (Å²) in [6.45, 7) is 4.17. The average molecular weight is 278 g/mol. The van der Waals surface area contributed by atoms with Crippen LogP contribution in [0.4, 0.5) is 0 Å². The molecule has 5 heteroatoms. The van der Waals surface area contributed by atoms with Crippen LogP contribution in [0.5, 0.6) is 5.75 Å². The smallest absolute Gasteiger partial charge is 0.260 e. The molecule has 1 saturated heterocycles. The number of rotatable bonds is 6. The first-order valence-corrected chi connectivity index (χ1v) is 7.21. The van der Waals surface area contributed by atoms with E-state index in [0.717, 1.165) is 19.4 Å². The average Bonchev–Trinajstić information content (AvgIpc) is 2.52. The van der Waals surface area contributed by atoms with Crippen molar-refractivity contribution < 1.29 is 14.3 Å². The lowest BCUT2D eigenvalue weighted by Crippen LogP contribution is -2.41. The standard InChI is InChI=1S/C15H22N2O3/c1-2-17(11-14-6-3-4-9-19-14)15(18)12-20-13-7-5-8-16-10-13/h5,7-8,10,14H,2-4,6,9,11-12H2,1H3/t14-/m0/s1. The minimum Gasteiger partial charge on any atom is -0.482 e. The molecule has 1 aliphatic heterocycles. The van der Waals surface area contributed by atoms with Crippen molar-refractivity contribution in [2.45, 2.75) is 32.3 Å². The Hall–Kier alpha value is -1.62. The summed E-state index contributed by atoms with van der Waals surface area (Å²) < 4.78 is 11.1. The second-order valence-electron chi connectivity index (χ2n) is 4.90. The monoisotopic (exact) mass is 278 g/mol. The zero-order chi connectivity index (χ0) is 14.2. The lowest BCUT2D eigenvalue weighted by atomic mass is 10.1. The van der Waals surface area contributed by atoms with Crippen LogP contribution in [0.1, 0.15) is 26.2 Å². The fourth-order valence-electron chi connectivity index (χ4n) is 2.27. The van der Waals surface area contributed by atoms with Gasteiger partial charge in [0, 0.05) is 25.9 Å². The molecule has 0 radical (unpaired) electrons. The van der Waals surface area contributed by atoms with Gasteiger partial charge in [-0.25, -0.2) is 0 Å². The highest BCUT2D eigenvalue weighted by Crippen LogP contribution is 2.14. The Balaban J connectivity index is 1.79. The van der Waals surface area contributed by atoms with Crippen molar-refractivity contribution in [2.24, 2.45) is 0 Å². The molecule has 20 heavy (non-hydrogen) atoms. The van der Waals surface area contributed by atoms with Gasteiger partial charge in [0.05, 0.1) is 12.3 Å². The summed E-state index contributed by atoms with van der Waals surface area (Å²) in [6, 6.07) is 3.58. The van der Waals surface area contributed by atoms with Crippen LogP contribution < -0.4 is 4.74 Å². The van der Waals surface area contributed by atoms with E-state index in [1.54, 1.807) is 29.4 Å². The van der Waals surface area contributed by atoms with Gasteiger partial charge in [-0.2, -0.15) is 0 Å². The third kappa shape index (κ3) is 4.49. The molecule has 1 aromatic heterocycles. The summed E-state index contributed by atoms with van der Waals surface area (Å²) >= 11 is 0. The highest BCUT2D eigenvalue weighted by atomic mass is 16.5. The minimum atomic E-state index is -0.00877. The van der Waals surface area contributed by atoms with E-state index in [-0.39, 0.29) is 18.6 Å². The van der Waals surface area contributed by atoms with E-state index in [1.165, 1.54) is 6.42 Å². The molecule has 1 fully saturated rings. The minimum absolute atomic E-state index is 0.00877. The molecule has 0 saturated carbocycles. The predicted octanol–water partition coefficient (Wildman–Crippen LogP) is 1.88. The molecule has 0 unspecified atom stereocenters. The lowest BCUT2D eigenvalue weighted by molar-refractivity contribution is -0.135. The maximum Gasteiger partial charge on any atom is 0.260 e. The molecule has 1 aliphatic rings. The van der Waals surface area contributed by atoms with Crippen LogP contribution in [0.25, 0.3) is 0 Å². The molecule has 1 amide bonds. The van der Waals surface area contributed by atoms with Crippen LogP contribution in [0.2, 0.25) is 0 Å².